The van der Waals surface area contributed by atoms with Gasteiger partial charge in [0.15, 0.2) is 12.4 Å². The highest BCUT2D eigenvalue weighted by Gasteiger charge is 2.14. The Balaban J connectivity index is 3.03. The van der Waals surface area contributed by atoms with Crippen molar-refractivity contribution in [1.29, 1.82) is 5.26 Å². The molecule has 14 heavy (non-hydrogen) atoms. The number of hydrogen-bond donors (Lipinski definition) is 0. The van der Waals surface area contributed by atoms with Gasteiger partial charge in [0.05, 0.1) is 4.92 Å². The first kappa shape index (κ1) is 10.5. The molecule has 5 nitrogen and oxygen atoms in total. The van der Waals surface area contributed by atoms with Crippen LogP contribution in [0, 0.1) is 21.4 Å². The molecule has 0 spiro atoms. The predicted molar refractivity (Wildman–Crippen MR) is 51.9 cm³/mol. The van der Waals surface area contributed by atoms with Crippen LogP contribution in [0.5, 0.6) is 5.75 Å². The Morgan fingerprint density at radius 2 is 2.36 bits per heavy atom. The van der Waals surface area contributed by atoms with Gasteiger partial charge in [-0.15, -0.1) is 0 Å². The molecule has 0 fully saturated rings. The highest BCUT2D eigenvalue weighted by Crippen LogP contribution is 2.29. The first-order valence-electron chi connectivity index (χ1n) is 3.59. The van der Waals surface area contributed by atoms with Gasteiger partial charge in [-0.2, -0.15) is 5.26 Å². The van der Waals surface area contributed by atoms with Gasteiger partial charge in [0, 0.05) is 10.5 Å². The Morgan fingerprint density at radius 1 is 1.64 bits per heavy atom. The van der Waals surface area contributed by atoms with Crippen molar-refractivity contribution >= 4 is 21.6 Å². The fourth-order valence-electron chi connectivity index (χ4n) is 0.865. The van der Waals surface area contributed by atoms with Crippen LogP contribution in [0.4, 0.5) is 5.69 Å². The Hall–Kier alpha value is -1.61. The number of benzene rings is 1. The van der Waals surface area contributed by atoms with Crippen LogP contribution in [-0.2, 0) is 0 Å². The zero-order chi connectivity index (χ0) is 10.6. The standard InChI is InChI=1S/C8H5BrN2O3/c9-6-1-2-8(14-4-3-10)7(5-6)11(12)13/h1-2,5H,4H2. The quantitative estimate of drug-likeness (QED) is 0.614. The summed E-state index contributed by atoms with van der Waals surface area (Å²) in [5, 5.41) is 18.8. The molecular formula is C8H5BrN2O3. The van der Waals surface area contributed by atoms with Crippen LogP contribution in [0.25, 0.3) is 0 Å². The lowest BCUT2D eigenvalue weighted by Gasteiger charge is -2.02. The van der Waals surface area contributed by atoms with Crippen molar-refractivity contribution in [2.45, 2.75) is 0 Å². The number of nitro groups is 1. The van der Waals surface area contributed by atoms with E-state index in [1.54, 1.807) is 12.1 Å². The van der Waals surface area contributed by atoms with Crippen molar-refractivity contribution in [3.05, 3.63) is 32.8 Å². The van der Waals surface area contributed by atoms with Gasteiger partial charge in [0.1, 0.15) is 6.07 Å². The number of halogens is 1. The largest absolute Gasteiger partial charge is 0.472 e. The molecule has 0 amide bonds. The summed E-state index contributed by atoms with van der Waals surface area (Å²) in [7, 11) is 0. The van der Waals surface area contributed by atoms with E-state index in [0.29, 0.717) is 4.47 Å². The molecule has 0 heterocycles. The molecule has 0 saturated carbocycles. The average molecular weight is 257 g/mol. The van der Waals surface area contributed by atoms with E-state index in [9.17, 15) is 10.1 Å². The van der Waals surface area contributed by atoms with Crippen LogP contribution in [0.2, 0.25) is 0 Å². The van der Waals surface area contributed by atoms with Crippen molar-refractivity contribution in [3.8, 4) is 11.8 Å². The summed E-state index contributed by atoms with van der Waals surface area (Å²) in [6, 6.07) is 6.12. The van der Waals surface area contributed by atoms with Crippen molar-refractivity contribution in [1.82, 2.24) is 0 Å². The Labute approximate surface area is 88.2 Å². The summed E-state index contributed by atoms with van der Waals surface area (Å²) in [6.45, 7) is -0.206. The van der Waals surface area contributed by atoms with Gasteiger partial charge in [-0.3, -0.25) is 10.1 Å². The predicted octanol–water partition coefficient (Wildman–Crippen LogP) is 2.26. The van der Waals surface area contributed by atoms with Crippen molar-refractivity contribution in [2.75, 3.05) is 6.61 Å². The summed E-state index contributed by atoms with van der Waals surface area (Å²) in [5.41, 5.74) is -0.158. The van der Waals surface area contributed by atoms with Gasteiger partial charge in [0.25, 0.3) is 0 Å². The molecule has 0 unspecified atom stereocenters. The molecule has 0 aliphatic carbocycles. The monoisotopic (exact) mass is 256 g/mol. The van der Waals surface area contributed by atoms with Crippen LogP contribution >= 0.6 is 15.9 Å². The molecule has 0 aromatic heterocycles. The highest BCUT2D eigenvalue weighted by atomic mass is 79.9. The molecule has 0 aliphatic heterocycles. The van der Waals surface area contributed by atoms with Gasteiger partial charge >= 0.3 is 5.69 Å². The second-order valence-corrected chi connectivity index (χ2v) is 3.23. The average Bonchev–Trinajstić information content (AvgIpc) is 2.15. The van der Waals surface area contributed by atoms with Crippen molar-refractivity contribution < 1.29 is 9.66 Å². The molecule has 0 radical (unpaired) electrons. The summed E-state index contributed by atoms with van der Waals surface area (Å²) >= 11 is 3.11. The lowest BCUT2D eigenvalue weighted by Crippen LogP contribution is -1.98. The summed E-state index contributed by atoms with van der Waals surface area (Å²) in [4.78, 5) is 10.0. The second kappa shape index (κ2) is 4.58. The van der Waals surface area contributed by atoms with E-state index >= 15 is 0 Å². The molecule has 0 saturated heterocycles. The van der Waals surface area contributed by atoms with Crippen LogP contribution < -0.4 is 4.74 Å². The maximum Gasteiger partial charge on any atom is 0.312 e. The lowest BCUT2D eigenvalue weighted by molar-refractivity contribution is -0.385. The zero-order valence-electron chi connectivity index (χ0n) is 6.94. The van der Waals surface area contributed by atoms with E-state index < -0.39 is 4.92 Å². The molecule has 0 atom stereocenters. The minimum absolute atomic E-state index is 0.0970. The number of rotatable bonds is 3. The molecule has 0 bridgehead atoms. The Morgan fingerprint density at radius 3 is 2.93 bits per heavy atom. The van der Waals surface area contributed by atoms with E-state index in [1.807, 2.05) is 0 Å². The molecule has 0 N–H and O–H groups in total. The second-order valence-electron chi connectivity index (χ2n) is 2.32. The number of hydrogen-bond acceptors (Lipinski definition) is 4. The van der Waals surface area contributed by atoms with Crippen LogP contribution in [0.15, 0.2) is 22.7 Å². The number of nitriles is 1. The topological polar surface area (TPSA) is 76.2 Å². The van der Waals surface area contributed by atoms with E-state index in [1.165, 1.54) is 12.1 Å². The fraction of sp³-hybridized carbons (Fsp3) is 0.125. The summed E-state index contributed by atoms with van der Waals surface area (Å²) < 4.78 is 5.47. The molecule has 1 aromatic rings. The fourth-order valence-corrected chi connectivity index (χ4v) is 1.21. The number of nitrogens with zero attached hydrogens (tertiary/aromatic N) is 2. The maximum absolute atomic E-state index is 10.6. The molecule has 0 aliphatic rings. The summed E-state index contributed by atoms with van der Waals surface area (Å²) in [5.74, 6) is 0.0970. The molecule has 72 valence electrons. The highest BCUT2D eigenvalue weighted by molar-refractivity contribution is 9.10. The van der Waals surface area contributed by atoms with Gasteiger partial charge in [0.2, 0.25) is 0 Å². The third-order valence-corrected chi connectivity index (χ3v) is 1.90. The number of nitro benzene ring substituents is 1. The van der Waals surface area contributed by atoms with E-state index in [-0.39, 0.29) is 18.0 Å². The van der Waals surface area contributed by atoms with Crippen LogP contribution in [0.3, 0.4) is 0 Å². The first-order valence-corrected chi connectivity index (χ1v) is 4.38. The zero-order valence-corrected chi connectivity index (χ0v) is 8.52. The smallest absolute Gasteiger partial charge is 0.312 e. The molecule has 1 aromatic carbocycles. The van der Waals surface area contributed by atoms with Crippen molar-refractivity contribution in [3.63, 3.8) is 0 Å². The molecule has 1 rings (SSSR count). The SMILES string of the molecule is N#CCOc1ccc(Br)cc1[N+](=O)[O-]. The third kappa shape index (κ3) is 2.44. The van der Waals surface area contributed by atoms with E-state index in [2.05, 4.69) is 15.9 Å². The van der Waals surface area contributed by atoms with Gasteiger partial charge < -0.3 is 4.74 Å². The maximum atomic E-state index is 10.6. The first-order chi connectivity index (χ1) is 6.65. The van der Waals surface area contributed by atoms with E-state index in [4.69, 9.17) is 10.00 Å². The summed E-state index contributed by atoms with van der Waals surface area (Å²) in [6.07, 6.45) is 0. The minimum Gasteiger partial charge on any atom is -0.472 e. The van der Waals surface area contributed by atoms with Crippen molar-refractivity contribution in [2.24, 2.45) is 0 Å². The molecule has 6 heteroatoms. The van der Waals surface area contributed by atoms with E-state index in [0.717, 1.165) is 0 Å². The Kier molecular flexibility index (Phi) is 3.42. The van der Waals surface area contributed by atoms with Gasteiger partial charge in [-0.1, -0.05) is 15.9 Å². The number of ether oxygens (including phenoxy) is 1. The Bertz CT molecular complexity index is 400. The lowest BCUT2D eigenvalue weighted by atomic mass is 10.3. The molecular weight excluding hydrogens is 252 g/mol. The third-order valence-electron chi connectivity index (χ3n) is 1.41. The van der Waals surface area contributed by atoms with Gasteiger partial charge in [-0.05, 0) is 12.1 Å². The normalized spacial score (nSPS) is 9.14. The minimum atomic E-state index is -0.558. The van der Waals surface area contributed by atoms with Crippen LogP contribution in [-0.4, -0.2) is 11.5 Å². The van der Waals surface area contributed by atoms with Crippen LogP contribution in [0.1, 0.15) is 0 Å². The van der Waals surface area contributed by atoms with Gasteiger partial charge in [-0.25, -0.2) is 0 Å².